The highest BCUT2D eigenvalue weighted by molar-refractivity contribution is 5.98. The molecule has 1 N–H and O–H groups in total. The van der Waals surface area contributed by atoms with Crippen LogP contribution in [0.3, 0.4) is 0 Å². The van der Waals surface area contributed by atoms with Crippen LogP contribution in [0.5, 0.6) is 17.2 Å². The third-order valence-corrected chi connectivity index (χ3v) is 4.15. The van der Waals surface area contributed by atoms with Crippen LogP contribution in [0.15, 0.2) is 12.1 Å². The maximum absolute atomic E-state index is 12.9. The summed E-state index contributed by atoms with van der Waals surface area (Å²) in [6.07, 6.45) is 0. The van der Waals surface area contributed by atoms with E-state index in [1.165, 1.54) is 26.2 Å². The first-order valence-electron chi connectivity index (χ1n) is 7.45. The van der Waals surface area contributed by atoms with Gasteiger partial charge >= 0.3 is 5.97 Å². The number of carbonyl (C=O) groups excluding carboxylic acids is 1. The molecule has 1 amide bonds. The van der Waals surface area contributed by atoms with Crippen LogP contribution < -0.4 is 14.2 Å². The second-order valence-corrected chi connectivity index (χ2v) is 5.47. The number of carbonyl (C=O) groups is 2. The second-order valence-electron chi connectivity index (χ2n) is 5.47. The Morgan fingerprint density at radius 3 is 2.29 bits per heavy atom. The lowest BCUT2D eigenvalue weighted by Gasteiger charge is -2.37. The summed E-state index contributed by atoms with van der Waals surface area (Å²) >= 11 is 0. The van der Waals surface area contributed by atoms with Crippen molar-refractivity contribution in [1.82, 2.24) is 9.80 Å². The average molecular weight is 338 g/mol. The number of hydrogen-bond donors (Lipinski definition) is 1. The zero-order chi connectivity index (χ0) is 17.9. The molecular weight excluding hydrogens is 316 g/mol. The van der Waals surface area contributed by atoms with Crippen molar-refractivity contribution in [1.29, 1.82) is 0 Å². The molecule has 132 valence electrons. The van der Waals surface area contributed by atoms with Gasteiger partial charge in [-0.1, -0.05) is 0 Å². The number of rotatable bonds is 5. The van der Waals surface area contributed by atoms with Gasteiger partial charge in [-0.25, -0.2) is 0 Å². The summed E-state index contributed by atoms with van der Waals surface area (Å²) in [7, 11) is 6.14. The lowest BCUT2D eigenvalue weighted by molar-refractivity contribution is -0.144. The first kappa shape index (κ1) is 17.9. The van der Waals surface area contributed by atoms with Crippen molar-refractivity contribution in [3.8, 4) is 17.2 Å². The van der Waals surface area contributed by atoms with Crippen molar-refractivity contribution in [2.24, 2.45) is 0 Å². The van der Waals surface area contributed by atoms with Gasteiger partial charge < -0.3 is 24.2 Å². The van der Waals surface area contributed by atoms with Crippen LogP contribution >= 0.6 is 0 Å². The maximum atomic E-state index is 12.9. The highest BCUT2D eigenvalue weighted by atomic mass is 16.5. The van der Waals surface area contributed by atoms with Crippen molar-refractivity contribution in [3.05, 3.63) is 17.7 Å². The molecule has 0 unspecified atom stereocenters. The molecular formula is C16H22N2O6. The van der Waals surface area contributed by atoms with E-state index in [4.69, 9.17) is 14.2 Å². The molecule has 1 heterocycles. The zero-order valence-corrected chi connectivity index (χ0v) is 14.2. The van der Waals surface area contributed by atoms with Crippen LogP contribution in [-0.4, -0.2) is 80.8 Å². The van der Waals surface area contributed by atoms with Gasteiger partial charge in [-0.15, -0.1) is 0 Å². The van der Waals surface area contributed by atoms with E-state index in [1.807, 2.05) is 0 Å². The Morgan fingerprint density at radius 1 is 1.08 bits per heavy atom. The number of carboxylic acids is 1. The summed E-state index contributed by atoms with van der Waals surface area (Å²) < 4.78 is 15.8. The van der Waals surface area contributed by atoms with Gasteiger partial charge in [0.2, 0.25) is 5.75 Å². The number of amides is 1. The summed E-state index contributed by atoms with van der Waals surface area (Å²) in [5.41, 5.74) is 0.309. The fourth-order valence-electron chi connectivity index (χ4n) is 2.76. The Morgan fingerprint density at radius 2 is 1.75 bits per heavy atom. The predicted octanol–water partition coefficient (Wildman–Crippen LogP) is 0.553. The van der Waals surface area contributed by atoms with E-state index in [0.717, 1.165) is 0 Å². The number of methoxy groups -OCH3 is 3. The normalized spacial score (nSPS) is 18.2. The molecule has 2 rings (SSSR count). The molecule has 8 heteroatoms. The van der Waals surface area contributed by atoms with Gasteiger partial charge in [-0.2, -0.15) is 0 Å². The molecule has 0 spiro atoms. The summed E-state index contributed by atoms with van der Waals surface area (Å²) in [5.74, 6) is -0.198. The average Bonchev–Trinajstić information content (AvgIpc) is 2.59. The first-order chi connectivity index (χ1) is 11.4. The van der Waals surface area contributed by atoms with E-state index < -0.39 is 12.0 Å². The lowest BCUT2D eigenvalue weighted by Crippen LogP contribution is -2.56. The number of piperazine rings is 1. The quantitative estimate of drug-likeness (QED) is 0.839. The molecule has 24 heavy (non-hydrogen) atoms. The number of ether oxygens (including phenoxy) is 3. The Bertz CT molecular complexity index is 633. The zero-order valence-electron chi connectivity index (χ0n) is 14.2. The fourth-order valence-corrected chi connectivity index (χ4v) is 2.76. The van der Waals surface area contributed by atoms with Gasteiger partial charge in [0.05, 0.1) is 26.9 Å². The highest BCUT2D eigenvalue weighted by Gasteiger charge is 2.34. The minimum atomic E-state index is -0.950. The van der Waals surface area contributed by atoms with Crippen molar-refractivity contribution < 1.29 is 28.9 Å². The van der Waals surface area contributed by atoms with E-state index >= 15 is 0 Å². The Labute approximate surface area is 140 Å². The molecule has 0 saturated carbocycles. The lowest BCUT2D eigenvalue weighted by atomic mass is 10.1. The minimum Gasteiger partial charge on any atom is -0.493 e. The largest absolute Gasteiger partial charge is 0.493 e. The third-order valence-electron chi connectivity index (χ3n) is 4.15. The SMILES string of the molecule is COc1ccc(C(=O)N2CCN(C)[C@@H](C(=O)O)C2)c(OC)c1OC. The minimum absolute atomic E-state index is 0.113. The van der Waals surface area contributed by atoms with Crippen LogP contribution in [0, 0.1) is 0 Å². The second kappa shape index (κ2) is 7.39. The Hall–Kier alpha value is -2.48. The van der Waals surface area contributed by atoms with Gasteiger partial charge in [0.25, 0.3) is 5.91 Å². The Balaban J connectivity index is 2.34. The van der Waals surface area contributed by atoms with Gasteiger partial charge in [0, 0.05) is 19.6 Å². The molecule has 1 saturated heterocycles. The molecule has 0 aromatic heterocycles. The number of hydrogen-bond acceptors (Lipinski definition) is 6. The topological polar surface area (TPSA) is 88.5 Å². The number of nitrogens with zero attached hydrogens (tertiary/aromatic N) is 2. The molecule has 0 aliphatic carbocycles. The van der Waals surface area contributed by atoms with Gasteiger partial charge in [0.15, 0.2) is 11.5 Å². The summed E-state index contributed by atoms with van der Waals surface area (Å²) in [6, 6.07) is 2.49. The van der Waals surface area contributed by atoms with Gasteiger partial charge in [-0.3, -0.25) is 14.5 Å². The highest BCUT2D eigenvalue weighted by Crippen LogP contribution is 2.40. The van der Waals surface area contributed by atoms with E-state index in [0.29, 0.717) is 30.2 Å². The maximum Gasteiger partial charge on any atom is 0.322 e. The summed E-state index contributed by atoms with van der Waals surface area (Å²) in [6.45, 7) is 1.04. The molecule has 1 aromatic carbocycles. The monoisotopic (exact) mass is 338 g/mol. The molecule has 1 aliphatic rings. The van der Waals surface area contributed by atoms with Crippen molar-refractivity contribution in [3.63, 3.8) is 0 Å². The Kier molecular flexibility index (Phi) is 5.50. The summed E-state index contributed by atoms with van der Waals surface area (Å²) in [5, 5.41) is 9.29. The van der Waals surface area contributed by atoms with Crippen molar-refractivity contribution in [2.75, 3.05) is 48.0 Å². The number of benzene rings is 1. The van der Waals surface area contributed by atoms with Crippen molar-refractivity contribution >= 4 is 11.9 Å². The van der Waals surface area contributed by atoms with Crippen molar-refractivity contribution in [2.45, 2.75) is 6.04 Å². The number of aliphatic carboxylic acids is 1. The van der Waals surface area contributed by atoms with Crippen LogP contribution in [0.25, 0.3) is 0 Å². The van der Waals surface area contributed by atoms with Crippen LogP contribution in [0.2, 0.25) is 0 Å². The van der Waals surface area contributed by atoms with Crippen LogP contribution in [-0.2, 0) is 4.79 Å². The van der Waals surface area contributed by atoms with E-state index in [2.05, 4.69) is 0 Å². The molecule has 1 aliphatic heterocycles. The number of likely N-dealkylation sites (N-methyl/N-ethyl adjacent to an activating group) is 1. The molecule has 1 atom stereocenters. The molecule has 0 bridgehead atoms. The predicted molar refractivity (Wildman–Crippen MR) is 86.1 cm³/mol. The summed E-state index contributed by atoms with van der Waals surface area (Å²) in [4.78, 5) is 27.4. The standard InChI is InChI=1S/C16H22N2O6/c1-17-7-8-18(9-11(17)16(20)21)15(19)10-5-6-12(22-2)14(24-4)13(10)23-3/h5-6,11H,7-9H2,1-4H3,(H,20,21)/t11-/m1/s1. The van der Waals surface area contributed by atoms with Crippen LogP contribution in [0.4, 0.5) is 0 Å². The molecule has 8 nitrogen and oxygen atoms in total. The van der Waals surface area contributed by atoms with E-state index in [-0.39, 0.29) is 18.2 Å². The van der Waals surface area contributed by atoms with Gasteiger partial charge in [-0.05, 0) is 19.2 Å². The molecule has 1 fully saturated rings. The van der Waals surface area contributed by atoms with Gasteiger partial charge in [0.1, 0.15) is 6.04 Å². The smallest absolute Gasteiger partial charge is 0.322 e. The van der Waals surface area contributed by atoms with E-state index in [1.54, 1.807) is 24.1 Å². The molecule has 0 radical (unpaired) electrons. The van der Waals surface area contributed by atoms with Crippen LogP contribution in [0.1, 0.15) is 10.4 Å². The first-order valence-corrected chi connectivity index (χ1v) is 7.45. The third kappa shape index (κ3) is 3.23. The fraction of sp³-hybridized carbons (Fsp3) is 0.500. The molecule has 1 aromatic rings. The van der Waals surface area contributed by atoms with E-state index in [9.17, 15) is 14.7 Å². The number of carboxylic acid groups (broad SMARTS) is 1.